The summed E-state index contributed by atoms with van der Waals surface area (Å²) in [4.78, 5) is 8.56. The summed E-state index contributed by atoms with van der Waals surface area (Å²) in [7, 11) is 0. The van der Waals surface area contributed by atoms with Gasteiger partial charge in [-0.05, 0) is 0 Å². The van der Waals surface area contributed by atoms with Crippen LogP contribution >= 0.6 is 0 Å². The first-order valence-corrected chi connectivity index (χ1v) is 0.651. The molecule has 0 spiro atoms. The van der Waals surface area contributed by atoms with Crippen LogP contribution in [0.4, 0.5) is 4.79 Å². The van der Waals surface area contributed by atoms with E-state index >= 15 is 0 Å². The van der Waals surface area contributed by atoms with Crippen molar-refractivity contribution in [2.24, 2.45) is 0 Å². The van der Waals surface area contributed by atoms with Crippen molar-refractivity contribution in [2.75, 3.05) is 0 Å². The minimum absolute atomic E-state index is 0. The van der Waals surface area contributed by atoms with Gasteiger partial charge in [0.25, 0.3) is 0 Å². The molecule has 0 aromatic carbocycles. The molecule has 0 fully saturated rings. The molecule has 0 aliphatic heterocycles. The van der Waals surface area contributed by atoms with Gasteiger partial charge in [0.2, 0.25) is 0 Å². The third kappa shape index (κ3) is 146. The molecule has 0 unspecified atom stereocenters. The van der Waals surface area contributed by atoms with E-state index in [9.17, 15) is 0 Å². The van der Waals surface area contributed by atoms with Crippen molar-refractivity contribution in [3.8, 4) is 0 Å². The van der Waals surface area contributed by atoms with Crippen LogP contribution in [0, 0.1) is 0 Å². The summed E-state index contributed by atoms with van der Waals surface area (Å²) in [6.45, 7) is 0. The average Bonchev–Trinajstić information content (AvgIpc) is 0.811. The van der Waals surface area contributed by atoms with Crippen LogP contribution in [0.5, 0.6) is 0 Å². The molecule has 4 nitrogen and oxygen atoms in total. The average molecular weight is 390 g/mol. The molecule has 0 atom stereocenters. The van der Waals surface area contributed by atoms with E-state index in [1.807, 2.05) is 0 Å². The number of hydrogen-bond donors (Lipinski definition) is 2. The monoisotopic (exact) mass is 388 g/mol. The number of carboxylic acid groups (broad SMARTS) is 2. The van der Waals surface area contributed by atoms with E-state index in [2.05, 4.69) is 0 Å². The van der Waals surface area contributed by atoms with Crippen LogP contribution in [-0.4, -0.2) is 86.2 Å². The van der Waals surface area contributed by atoms with E-state index in [0.717, 1.165) is 0 Å². The fraction of sp³-hybridized carbons (Fsp3) is 0. The van der Waals surface area contributed by atoms with Gasteiger partial charge < -0.3 is 15.7 Å². The van der Waals surface area contributed by atoms with Crippen molar-refractivity contribution in [3.63, 3.8) is 0 Å². The summed E-state index contributed by atoms with van der Waals surface area (Å²) >= 11 is 0. The summed E-state index contributed by atoms with van der Waals surface area (Å²) in [6, 6.07) is 0. The van der Waals surface area contributed by atoms with Crippen LogP contribution in [0.2, 0.25) is 0 Å². The van der Waals surface area contributed by atoms with Gasteiger partial charge in [-0.2, -0.15) is 0 Å². The predicted octanol–water partition coefficient (Wildman–Crippen LogP) is -4.16. The van der Waals surface area contributed by atoms with E-state index in [4.69, 9.17) is 15.0 Å². The molecule has 0 amide bonds. The molecule has 0 bridgehead atoms. The van der Waals surface area contributed by atoms with Gasteiger partial charge in [0.15, 0.2) is 17.4 Å². The van der Waals surface area contributed by atoms with Crippen molar-refractivity contribution in [1.82, 2.24) is 0 Å². The van der Waals surface area contributed by atoms with E-state index in [1.165, 1.54) is 0 Å². The third-order valence-corrected chi connectivity index (χ3v) is 0. The van der Waals surface area contributed by atoms with Gasteiger partial charge in [-0.15, -0.1) is 0 Å². The van der Waals surface area contributed by atoms with Gasteiger partial charge in [0.1, 0.15) is 0 Å². The predicted molar refractivity (Wildman–Crippen MR) is 44.1 cm³/mol. The summed E-state index contributed by atoms with van der Waals surface area (Å²) in [5.74, 6) is 0. The zero-order valence-electron chi connectivity index (χ0n) is 3.72. The van der Waals surface area contributed by atoms with Crippen molar-refractivity contribution >= 4 is 70.5 Å². The number of hydrogen-bond acceptors (Lipinski definition) is 1. The molecule has 9 heteroatoms. The largest absolute Gasteiger partial charge is 0 e. The van der Waals surface area contributed by atoms with Crippen molar-refractivity contribution in [1.29, 1.82) is 0 Å². The summed E-state index contributed by atoms with van der Waals surface area (Å²) in [5.41, 5.74) is 0. The second-order valence-electron chi connectivity index (χ2n) is 0.283. The van der Waals surface area contributed by atoms with Crippen LogP contribution in [0.25, 0.3) is 0 Å². The number of rotatable bonds is 0. The minimum atomic E-state index is -1.83. The molecule has 0 aliphatic rings. The quantitative estimate of drug-likeness (QED) is 0.412. The van der Waals surface area contributed by atoms with Gasteiger partial charge in [-0.3, -0.25) is 0 Å². The van der Waals surface area contributed by atoms with Gasteiger partial charge in [-0.25, -0.2) is 4.79 Å². The SMILES string of the molecule is O.O=C(O)O.[AlH3].[MgH2].[SnH4].[Zn].[Zn]. The molecule has 0 rings (SSSR count). The van der Waals surface area contributed by atoms with E-state index in [0.29, 0.717) is 0 Å². The molecule has 0 saturated heterocycles. The zero-order chi connectivity index (χ0) is 3.58. The molecular weight excluding hydrogens is 377 g/mol. The standard InChI is InChI=1S/CH2O3.Al.Mg.H2O.Sn.2Zn.9H/c2-1(3)4;;;;;;;;;;;;;;;/h(H2,2,3,4);;;1H2;;;;;;;;;;;;. The molecule has 0 aromatic heterocycles. The first-order valence-electron chi connectivity index (χ1n) is 0.651. The maximum absolute atomic E-state index is 8.56. The first kappa shape index (κ1) is 54.2. The van der Waals surface area contributed by atoms with Gasteiger partial charge in [0.05, 0.1) is 0 Å². The topological polar surface area (TPSA) is 89.0 Å². The molecule has 0 aromatic rings. The van der Waals surface area contributed by atoms with Crippen molar-refractivity contribution < 1.29 is 59.4 Å². The van der Waals surface area contributed by atoms with Gasteiger partial charge >= 0.3 is 53.1 Å². The van der Waals surface area contributed by atoms with Gasteiger partial charge in [0, 0.05) is 39.0 Å². The second kappa shape index (κ2) is 41.7. The molecule has 0 aliphatic carbocycles. The van der Waals surface area contributed by atoms with E-state index < -0.39 is 6.16 Å². The van der Waals surface area contributed by atoms with E-state index in [1.54, 1.807) is 0 Å². The fourth-order valence-electron chi connectivity index (χ4n) is 0. The second-order valence-corrected chi connectivity index (χ2v) is 0.283. The zero-order valence-corrected chi connectivity index (χ0v) is 9.65. The van der Waals surface area contributed by atoms with Crippen LogP contribution in [0.15, 0.2) is 0 Å². The molecule has 54 valence electrons. The molecule has 0 saturated carbocycles. The number of carbonyl (C=O) groups is 1. The molecule has 0 heterocycles. The Morgan fingerprint density at radius 3 is 1.10 bits per heavy atom. The molecule has 10 heavy (non-hydrogen) atoms. The molecule has 0 radical (unpaired) electrons. The summed E-state index contributed by atoms with van der Waals surface area (Å²) in [5, 5.41) is 13.9. The summed E-state index contributed by atoms with van der Waals surface area (Å²) < 4.78 is 0. The Balaban J connectivity index is -0.00000000300. The van der Waals surface area contributed by atoms with Gasteiger partial charge in [-0.1, -0.05) is 0 Å². The first-order chi connectivity index (χ1) is 1.73. The maximum Gasteiger partial charge on any atom is 0 e. The minimum Gasteiger partial charge on any atom is 0 e. The Kier molecular flexibility index (Phi) is 226. The smallest absolute Gasteiger partial charge is 0 e. The van der Waals surface area contributed by atoms with Crippen LogP contribution < -0.4 is 0 Å². The molecular formula is CH13AlMgO4SnZn2. The Morgan fingerprint density at radius 2 is 1.10 bits per heavy atom. The van der Waals surface area contributed by atoms with Crippen LogP contribution in [0.1, 0.15) is 0 Å². The van der Waals surface area contributed by atoms with Crippen LogP contribution in [-0.2, 0) is 39.0 Å². The Morgan fingerprint density at radius 1 is 1.10 bits per heavy atom. The van der Waals surface area contributed by atoms with Crippen molar-refractivity contribution in [3.05, 3.63) is 0 Å². The van der Waals surface area contributed by atoms with Crippen LogP contribution in [0.3, 0.4) is 0 Å². The Bertz CT molecular complexity index is 46.2. The van der Waals surface area contributed by atoms with Crippen molar-refractivity contribution in [2.45, 2.75) is 0 Å². The third-order valence-electron chi connectivity index (χ3n) is 0. The van der Waals surface area contributed by atoms with E-state index in [-0.39, 0.29) is 109 Å². The Labute approximate surface area is 128 Å². The summed E-state index contributed by atoms with van der Waals surface area (Å²) in [6.07, 6.45) is -1.83. The Hall–Kier alpha value is 2.57. The normalized spacial score (nSPS) is 2.40. The fourth-order valence-corrected chi connectivity index (χ4v) is 0. The maximum atomic E-state index is 8.56. The molecule has 4 N–H and O–H groups in total.